The maximum Gasteiger partial charge on any atom is 0.346 e. The number of ether oxygens (including phenoxy) is 3. The van der Waals surface area contributed by atoms with Crippen molar-refractivity contribution in [3.63, 3.8) is 0 Å². The molecule has 25 heavy (non-hydrogen) atoms. The number of carbonyl (C=O) groups is 2. The molecule has 1 atom stereocenters. The summed E-state index contributed by atoms with van der Waals surface area (Å²) in [5, 5.41) is 0. The number of Topliss-reactive ketones (excluding diaryl/α,β-unsaturated/α-hetero) is 1. The van der Waals surface area contributed by atoms with Gasteiger partial charge in [0, 0.05) is 10.5 Å². The molecule has 1 heterocycles. The average Bonchev–Trinajstić information content (AvgIpc) is 2.91. The lowest BCUT2D eigenvalue weighted by atomic mass is 10.1. The zero-order valence-corrected chi connectivity index (χ0v) is 15.2. The van der Waals surface area contributed by atoms with Crippen LogP contribution in [-0.2, 0) is 9.53 Å². The van der Waals surface area contributed by atoms with Gasteiger partial charge in [0.05, 0.1) is 12.7 Å². The number of rotatable bonds is 4. The zero-order valence-electron chi connectivity index (χ0n) is 13.6. The molecular weight excluding hydrogens is 388 g/mol. The maximum absolute atomic E-state index is 12.4. The molecule has 2 aromatic rings. The molecule has 1 aliphatic rings. The van der Waals surface area contributed by atoms with Gasteiger partial charge in [0.15, 0.2) is 11.9 Å². The van der Waals surface area contributed by atoms with Gasteiger partial charge in [-0.2, -0.15) is 0 Å². The minimum atomic E-state index is -0.752. The van der Waals surface area contributed by atoms with Crippen molar-refractivity contribution in [2.24, 2.45) is 0 Å². The van der Waals surface area contributed by atoms with Crippen LogP contribution >= 0.6 is 15.9 Å². The predicted octanol–water partition coefficient (Wildman–Crippen LogP) is 4.01. The molecule has 0 saturated carbocycles. The van der Waals surface area contributed by atoms with E-state index < -0.39 is 12.1 Å². The fourth-order valence-electron chi connectivity index (χ4n) is 2.37. The number of methoxy groups -OCH3 is 1. The van der Waals surface area contributed by atoms with Crippen LogP contribution in [0.3, 0.4) is 0 Å². The summed E-state index contributed by atoms with van der Waals surface area (Å²) >= 11 is 3.37. The van der Waals surface area contributed by atoms with Crippen LogP contribution < -0.4 is 9.47 Å². The molecule has 128 valence electrons. The molecule has 0 N–H and O–H groups in total. The third-order valence-electron chi connectivity index (χ3n) is 3.66. The highest BCUT2D eigenvalue weighted by Crippen LogP contribution is 2.35. The van der Waals surface area contributed by atoms with Gasteiger partial charge in [0.25, 0.3) is 0 Å². The van der Waals surface area contributed by atoms with E-state index >= 15 is 0 Å². The number of benzene rings is 2. The van der Waals surface area contributed by atoms with Gasteiger partial charge < -0.3 is 14.2 Å². The standard InChI is InChI=1S/C19H15BrO5/c1-11(19(22)23-2)24-14-7-8-15-16(10-14)25-17(18(15)21)9-12-3-5-13(20)6-4-12/h3-11H,1-2H3/b17-9+/t11-/m0/s1. The molecule has 0 amide bonds. The summed E-state index contributed by atoms with van der Waals surface area (Å²) in [5.74, 6) is 0.409. The lowest BCUT2D eigenvalue weighted by Gasteiger charge is -2.12. The van der Waals surface area contributed by atoms with Crippen LogP contribution in [0.25, 0.3) is 6.08 Å². The lowest BCUT2D eigenvalue weighted by molar-refractivity contribution is -0.147. The van der Waals surface area contributed by atoms with E-state index in [1.165, 1.54) is 7.11 Å². The molecule has 3 rings (SSSR count). The first-order valence-corrected chi connectivity index (χ1v) is 8.35. The van der Waals surface area contributed by atoms with Gasteiger partial charge >= 0.3 is 5.97 Å². The summed E-state index contributed by atoms with van der Waals surface area (Å²) in [4.78, 5) is 23.9. The topological polar surface area (TPSA) is 61.8 Å². The first kappa shape index (κ1) is 17.2. The number of esters is 1. The lowest BCUT2D eigenvalue weighted by Crippen LogP contribution is -2.24. The fraction of sp³-hybridized carbons (Fsp3) is 0.158. The van der Waals surface area contributed by atoms with Crippen LogP contribution in [0.2, 0.25) is 0 Å². The van der Waals surface area contributed by atoms with E-state index in [1.54, 1.807) is 31.2 Å². The largest absolute Gasteiger partial charge is 0.479 e. The summed E-state index contributed by atoms with van der Waals surface area (Å²) < 4.78 is 16.8. The molecule has 5 nitrogen and oxygen atoms in total. The number of hydrogen-bond acceptors (Lipinski definition) is 5. The molecule has 0 unspecified atom stereocenters. The molecule has 6 heteroatoms. The van der Waals surface area contributed by atoms with Crippen molar-refractivity contribution in [1.82, 2.24) is 0 Å². The van der Waals surface area contributed by atoms with Crippen LogP contribution in [0.1, 0.15) is 22.8 Å². The van der Waals surface area contributed by atoms with Crippen molar-refractivity contribution in [2.75, 3.05) is 7.11 Å². The molecular formula is C19H15BrO5. The van der Waals surface area contributed by atoms with E-state index in [2.05, 4.69) is 20.7 Å². The minimum Gasteiger partial charge on any atom is -0.479 e. The van der Waals surface area contributed by atoms with E-state index in [-0.39, 0.29) is 11.5 Å². The highest BCUT2D eigenvalue weighted by Gasteiger charge is 2.28. The Morgan fingerprint density at radius 3 is 2.60 bits per heavy atom. The Kier molecular flexibility index (Phi) is 4.90. The molecule has 0 bridgehead atoms. The molecule has 0 aromatic heterocycles. The first-order valence-electron chi connectivity index (χ1n) is 7.56. The Hall–Kier alpha value is -2.60. The van der Waals surface area contributed by atoms with Gasteiger partial charge in [-0.3, -0.25) is 4.79 Å². The van der Waals surface area contributed by atoms with E-state index in [1.807, 2.05) is 24.3 Å². The molecule has 0 radical (unpaired) electrons. The summed E-state index contributed by atoms with van der Waals surface area (Å²) in [5.41, 5.74) is 1.32. The monoisotopic (exact) mass is 402 g/mol. The van der Waals surface area contributed by atoms with Crippen LogP contribution in [0.4, 0.5) is 0 Å². The Bertz CT molecular complexity index is 855. The number of allylic oxidation sites excluding steroid dienone is 1. The Labute approximate surface area is 153 Å². The highest BCUT2D eigenvalue weighted by atomic mass is 79.9. The van der Waals surface area contributed by atoms with Crippen LogP contribution in [0.5, 0.6) is 11.5 Å². The van der Waals surface area contributed by atoms with Crippen molar-refractivity contribution in [3.05, 3.63) is 63.8 Å². The maximum atomic E-state index is 12.4. The molecule has 0 saturated heterocycles. The van der Waals surface area contributed by atoms with Gasteiger partial charge in [-0.15, -0.1) is 0 Å². The minimum absolute atomic E-state index is 0.189. The van der Waals surface area contributed by atoms with E-state index in [4.69, 9.17) is 9.47 Å². The van der Waals surface area contributed by atoms with Crippen molar-refractivity contribution in [2.45, 2.75) is 13.0 Å². The van der Waals surface area contributed by atoms with Crippen LogP contribution in [0, 0.1) is 0 Å². The van der Waals surface area contributed by atoms with E-state index in [9.17, 15) is 9.59 Å². The zero-order chi connectivity index (χ0) is 18.0. The molecule has 0 aliphatic carbocycles. The van der Waals surface area contributed by atoms with Gasteiger partial charge in [-0.05, 0) is 42.8 Å². The molecule has 0 fully saturated rings. The van der Waals surface area contributed by atoms with Crippen molar-refractivity contribution < 1.29 is 23.8 Å². The molecule has 0 spiro atoms. The number of fused-ring (bicyclic) bond motifs is 1. The van der Waals surface area contributed by atoms with Crippen LogP contribution in [-0.4, -0.2) is 25.0 Å². The highest BCUT2D eigenvalue weighted by molar-refractivity contribution is 9.10. The summed E-state index contributed by atoms with van der Waals surface area (Å²) in [7, 11) is 1.30. The number of ketones is 1. The van der Waals surface area contributed by atoms with E-state index in [0.29, 0.717) is 17.1 Å². The smallest absolute Gasteiger partial charge is 0.346 e. The number of hydrogen-bond donors (Lipinski definition) is 0. The SMILES string of the molecule is COC(=O)[C@H](C)Oc1ccc2c(c1)O/C(=C/c1ccc(Br)cc1)C2=O. The normalized spacial score (nSPS) is 15.5. The molecule has 1 aliphatic heterocycles. The van der Waals surface area contributed by atoms with Crippen molar-refractivity contribution >= 4 is 33.8 Å². The second-order valence-corrected chi connectivity index (χ2v) is 6.35. The quantitative estimate of drug-likeness (QED) is 0.571. The second kappa shape index (κ2) is 7.11. The Morgan fingerprint density at radius 1 is 1.20 bits per heavy atom. The fourth-order valence-corrected chi connectivity index (χ4v) is 2.63. The van der Waals surface area contributed by atoms with Gasteiger partial charge in [0.1, 0.15) is 11.5 Å². The third kappa shape index (κ3) is 3.74. The second-order valence-electron chi connectivity index (χ2n) is 5.43. The Balaban J connectivity index is 1.81. The number of carbonyl (C=O) groups excluding carboxylic acids is 2. The molecule has 2 aromatic carbocycles. The third-order valence-corrected chi connectivity index (χ3v) is 4.18. The van der Waals surface area contributed by atoms with Gasteiger partial charge in [-0.25, -0.2) is 4.79 Å². The van der Waals surface area contributed by atoms with Gasteiger partial charge in [-0.1, -0.05) is 28.1 Å². The summed E-state index contributed by atoms with van der Waals surface area (Å²) in [6.45, 7) is 1.59. The van der Waals surface area contributed by atoms with Crippen molar-refractivity contribution in [3.8, 4) is 11.5 Å². The number of halogens is 1. The summed E-state index contributed by atoms with van der Waals surface area (Å²) in [6.07, 6.45) is 0.935. The van der Waals surface area contributed by atoms with Crippen LogP contribution in [0.15, 0.2) is 52.7 Å². The first-order chi connectivity index (χ1) is 12.0. The van der Waals surface area contributed by atoms with E-state index in [0.717, 1.165) is 10.0 Å². The van der Waals surface area contributed by atoms with Gasteiger partial charge in [0.2, 0.25) is 5.78 Å². The Morgan fingerprint density at radius 2 is 1.92 bits per heavy atom. The average molecular weight is 403 g/mol. The summed E-state index contributed by atoms with van der Waals surface area (Å²) in [6, 6.07) is 12.4. The van der Waals surface area contributed by atoms with Crippen molar-refractivity contribution in [1.29, 1.82) is 0 Å². The predicted molar refractivity (Wildman–Crippen MR) is 95.6 cm³/mol.